The van der Waals surface area contributed by atoms with Crippen LogP contribution in [0.1, 0.15) is 29.6 Å². The van der Waals surface area contributed by atoms with E-state index in [1.54, 1.807) is 0 Å². The van der Waals surface area contributed by atoms with Crippen LogP contribution in [0.5, 0.6) is 0 Å². The van der Waals surface area contributed by atoms with Crippen molar-refractivity contribution in [2.45, 2.75) is 36.2 Å². The van der Waals surface area contributed by atoms with E-state index in [0.29, 0.717) is 24.5 Å². The number of hydrogen-bond acceptors (Lipinski definition) is 9. The second-order valence-electron chi connectivity index (χ2n) is 9.37. The minimum absolute atomic E-state index is 0.0142. The van der Waals surface area contributed by atoms with Crippen LogP contribution in [0.4, 0.5) is 15.8 Å². The molecule has 1 atom stereocenters. The largest absolute Gasteiger partial charge is 0.480 e. The van der Waals surface area contributed by atoms with Gasteiger partial charge < -0.3 is 31.7 Å². The van der Waals surface area contributed by atoms with Gasteiger partial charge in [0.1, 0.15) is 11.9 Å². The van der Waals surface area contributed by atoms with Crippen LogP contribution in [0, 0.1) is 5.82 Å². The van der Waals surface area contributed by atoms with Crippen LogP contribution in [0.25, 0.3) is 0 Å². The summed E-state index contributed by atoms with van der Waals surface area (Å²) >= 11 is 0. The van der Waals surface area contributed by atoms with E-state index in [4.69, 9.17) is 5.73 Å². The van der Waals surface area contributed by atoms with Crippen LogP contribution in [-0.4, -0.2) is 76.2 Å². The van der Waals surface area contributed by atoms with Gasteiger partial charge in [-0.1, -0.05) is 0 Å². The van der Waals surface area contributed by atoms with Gasteiger partial charge in [-0.05, 0) is 61.7 Å². The van der Waals surface area contributed by atoms with Crippen LogP contribution in [0.2, 0.25) is 0 Å². The van der Waals surface area contributed by atoms with E-state index in [1.165, 1.54) is 36.4 Å². The smallest absolute Gasteiger partial charge is 0.323 e. The fraction of sp³-hybridized carbons (Fsp3) is 0.400. The Morgan fingerprint density at radius 1 is 1.18 bits per heavy atom. The molecule has 0 saturated carbocycles. The Morgan fingerprint density at radius 3 is 2.51 bits per heavy atom. The molecule has 2 aliphatic heterocycles. The molecule has 0 bridgehead atoms. The number of hydrogen-bond donors (Lipinski definition) is 6. The molecule has 0 aromatic heterocycles. The minimum atomic E-state index is -4.19. The Morgan fingerprint density at radius 2 is 1.90 bits per heavy atom. The second kappa shape index (κ2) is 12.3. The molecule has 1 saturated heterocycles. The van der Waals surface area contributed by atoms with E-state index >= 15 is 0 Å². The number of nitrogens with zero attached hydrogens (tertiary/aromatic N) is 2. The molecule has 7 N–H and O–H groups in total. The van der Waals surface area contributed by atoms with Crippen molar-refractivity contribution in [2.75, 3.05) is 43.4 Å². The van der Waals surface area contributed by atoms with Gasteiger partial charge in [0.15, 0.2) is 5.96 Å². The van der Waals surface area contributed by atoms with Gasteiger partial charge in [-0.3, -0.25) is 14.6 Å². The molecular formula is C25H32FN7O5S. The van der Waals surface area contributed by atoms with Gasteiger partial charge in [0.2, 0.25) is 10.0 Å². The van der Waals surface area contributed by atoms with Gasteiger partial charge in [0.05, 0.1) is 10.6 Å². The molecule has 1 fully saturated rings. The lowest BCUT2D eigenvalue weighted by atomic mass is 10.0. The van der Waals surface area contributed by atoms with Gasteiger partial charge in [0.25, 0.3) is 5.91 Å². The zero-order valence-electron chi connectivity index (χ0n) is 21.2. The van der Waals surface area contributed by atoms with E-state index in [-0.39, 0.29) is 16.5 Å². The van der Waals surface area contributed by atoms with Crippen molar-refractivity contribution in [3.8, 4) is 0 Å². The highest BCUT2D eigenvalue weighted by Gasteiger charge is 2.27. The number of aliphatic carboxylic acids is 1. The predicted octanol–water partition coefficient (Wildman–Crippen LogP) is 0.477. The number of amides is 1. The molecular weight excluding hydrogens is 529 g/mol. The molecule has 1 amide bonds. The number of carbonyl (C=O) groups excluding carboxylic acids is 1. The summed E-state index contributed by atoms with van der Waals surface area (Å²) in [5.74, 6) is -1.99. The van der Waals surface area contributed by atoms with Crippen molar-refractivity contribution in [3.63, 3.8) is 0 Å². The van der Waals surface area contributed by atoms with Crippen molar-refractivity contribution in [2.24, 2.45) is 4.99 Å². The van der Waals surface area contributed by atoms with E-state index in [2.05, 4.69) is 20.9 Å². The first kappa shape index (κ1) is 28.1. The highest BCUT2D eigenvalue weighted by atomic mass is 32.2. The predicted molar refractivity (Wildman–Crippen MR) is 145 cm³/mol. The highest BCUT2D eigenvalue weighted by molar-refractivity contribution is 7.89. The average Bonchev–Trinajstić information content (AvgIpc) is 2.92. The molecule has 0 spiro atoms. The Labute approximate surface area is 225 Å². The van der Waals surface area contributed by atoms with Gasteiger partial charge in [-0.2, -0.15) is 4.72 Å². The molecule has 210 valence electrons. The van der Waals surface area contributed by atoms with E-state index in [9.17, 15) is 27.5 Å². The standard InChI is InChI=1S/C25H32FN7O5S/c26-20-14-16(2-7-22(20)33-12-8-18(9-13-33)31-25-28-10-1-11-29-25)23(34)30-15-21(24(35)36)32-39(37,38)19-5-3-17(27)4-6-19/h2-7,14,18,21,32H,1,8-13,15,27H2,(H,30,34)(H,35,36)(H2,28,29,31)/t21-/m0/s1. The molecule has 2 aromatic carbocycles. The van der Waals surface area contributed by atoms with E-state index < -0.39 is 40.3 Å². The highest BCUT2D eigenvalue weighted by Crippen LogP contribution is 2.24. The number of nitrogen functional groups attached to an aromatic ring is 1. The summed E-state index contributed by atoms with van der Waals surface area (Å²) in [4.78, 5) is 30.4. The number of carbonyl (C=O) groups is 2. The number of aliphatic imine (C=N–C) groups is 1. The molecule has 2 aromatic rings. The van der Waals surface area contributed by atoms with Crippen molar-refractivity contribution in [1.82, 2.24) is 20.7 Å². The van der Waals surface area contributed by atoms with E-state index in [1.807, 2.05) is 9.62 Å². The summed E-state index contributed by atoms with van der Waals surface area (Å²) in [6.45, 7) is 2.40. The quantitative estimate of drug-likeness (QED) is 0.238. The average molecular weight is 562 g/mol. The Kier molecular flexibility index (Phi) is 8.86. The van der Waals surface area contributed by atoms with Crippen molar-refractivity contribution in [1.29, 1.82) is 0 Å². The maximum Gasteiger partial charge on any atom is 0.323 e. The summed E-state index contributed by atoms with van der Waals surface area (Å²) in [6, 6.07) is 7.85. The molecule has 0 aliphatic carbocycles. The first-order valence-corrected chi connectivity index (χ1v) is 14.1. The Hall–Kier alpha value is -3.91. The van der Waals surface area contributed by atoms with Gasteiger partial charge in [-0.15, -0.1) is 0 Å². The summed E-state index contributed by atoms with van der Waals surface area (Å²) in [6.07, 6.45) is 2.61. The second-order valence-corrected chi connectivity index (χ2v) is 11.1. The lowest BCUT2D eigenvalue weighted by molar-refractivity contribution is -0.138. The molecule has 12 nitrogen and oxygen atoms in total. The number of piperidine rings is 1. The van der Waals surface area contributed by atoms with Crippen LogP contribution < -0.4 is 31.3 Å². The number of carboxylic acid groups (broad SMARTS) is 1. The molecule has 2 heterocycles. The Balaban J connectivity index is 1.32. The van der Waals surface area contributed by atoms with Crippen LogP contribution in [0.3, 0.4) is 0 Å². The number of rotatable bonds is 9. The number of halogens is 1. The molecule has 14 heteroatoms. The molecule has 0 radical (unpaired) electrons. The van der Waals surface area contributed by atoms with Crippen LogP contribution >= 0.6 is 0 Å². The summed E-state index contributed by atoms with van der Waals surface area (Å²) in [5.41, 5.74) is 6.26. The number of benzene rings is 2. The zero-order chi connectivity index (χ0) is 28.0. The molecule has 0 unspecified atom stereocenters. The lowest BCUT2D eigenvalue weighted by Gasteiger charge is -2.35. The maximum absolute atomic E-state index is 15.0. The first-order chi connectivity index (χ1) is 18.6. The number of nitrogens with one attached hydrogen (secondary N) is 4. The van der Waals surface area contributed by atoms with Gasteiger partial charge in [0, 0.05) is 50.0 Å². The molecule has 2 aliphatic rings. The molecule has 4 rings (SSSR count). The third kappa shape index (κ3) is 7.35. The number of nitrogens with two attached hydrogens (primary N) is 1. The van der Waals surface area contributed by atoms with Gasteiger partial charge >= 0.3 is 5.97 Å². The van der Waals surface area contributed by atoms with Crippen LogP contribution in [0.15, 0.2) is 52.4 Å². The summed E-state index contributed by atoms with van der Waals surface area (Å²) < 4.78 is 42.1. The fourth-order valence-corrected chi connectivity index (χ4v) is 5.56. The third-order valence-electron chi connectivity index (χ3n) is 6.54. The SMILES string of the molecule is Nc1ccc(S(=O)(=O)N[C@@H](CNC(=O)c2ccc(N3CCC(NC4=NCCCN4)CC3)c(F)c2)C(=O)O)cc1. The van der Waals surface area contributed by atoms with Crippen molar-refractivity contribution >= 4 is 39.2 Å². The summed E-state index contributed by atoms with van der Waals surface area (Å²) in [7, 11) is -4.19. The Bertz CT molecular complexity index is 1330. The van der Waals surface area contributed by atoms with Gasteiger partial charge in [-0.25, -0.2) is 12.8 Å². The van der Waals surface area contributed by atoms with E-state index in [0.717, 1.165) is 44.4 Å². The number of guanidine groups is 1. The minimum Gasteiger partial charge on any atom is -0.480 e. The topological polar surface area (TPSA) is 178 Å². The van der Waals surface area contributed by atoms with Crippen LogP contribution in [-0.2, 0) is 14.8 Å². The zero-order valence-corrected chi connectivity index (χ0v) is 22.0. The van der Waals surface area contributed by atoms with Crippen molar-refractivity contribution in [3.05, 3.63) is 53.8 Å². The normalized spacial score (nSPS) is 17.1. The number of sulfonamides is 1. The maximum atomic E-state index is 15.0. The first-order valence-electron chi connectivity index (χ1n) is 12.6. The third-order valence-corrected chi connectivity index (χ3v) is 8.02. The fourth-order valence-electron chi connectivity index (χ4n) is 4.37. The summed E-state index contributed by atoms with van der Waals surface area (Å²) in [5, 5.41) is 18.5. The molecule has 39 heavy (non-hydrogen) atoms. The number of anilines is 2. The monoisotopic (exact) mass is 561 g/mol. The lowest BCUT2D eigenvalue weighted by Crippen LogP contribution is -2.50. The number of carboxylic acids is 1. The van der Waals surface area contributed by atoms with Crippen molar-refractivity contribution < 1.29 is 27.5 Å².